The molecule has 0 aliphatic carbocycles. The van der Waals surface area contributed by atoms with Crippen molar-refractivity contribution in [3.63, 3.8) is 0 Å². The highest BCUT2D eigenvalue weighted by molar-refractivity contribution is 6.30. The molecule has 210 valence electrons. The first-order chi connectivity index (χ1) is 19.2. The van der Waals surface area contributed by atoms with Gasteiger partial charge in [0, 0.05) is 61.6 Å². The van der Waals surface area contributed by atoms with Crippen LogP contribution in [0.2, 0.25) is 5.02 Å². The molecular weight excluding hydrogens is 540 g/mol. The fraction of sp³-hybridized carbons (Fsp3) is 0.321. The van der Waals surface area contributed by atoms with Crippen molar-refractivity contribution in [2.75, 3.05) is 40.4 Å². The SMILES string of the molecule is COCCN1C[C@@H](NC(=O)NC2=C(C)C(c3cn[nH]c3)=N[N+]2(C)c2cccc(Cl)c2)[C@H](c2ccc(F)c(F)c2)C1. The number of carbonyl (C=O) groups excluding carboxylic acids is 1. The van der Waals surface area contributed by atoms with E-state index in [1.54, 1.807) is 37.7 Å². The van der Waals surface area contributed by atoms with Crippen molar-refractivity contribution in [3.8, 4) is 0 Å². The molecule has 1 aromatic heterocycles. The fourth-order valence-corrected chi connectivity index (χ4v) is 5.57. The molecule has 40 heavy (non-hydrogen) atoms. The number of aromatic amines is 1. The Labute approximate surface area is 236 Å². The van der Waals surface area contributed by atoms with Crippen molar-refractivity contribution in [2.24, 2.45) is 5.10 Å². The minimum absolute atomic E-state index is 0.0719. The summed E-state index contributed by atoms with van der Waals surface area (Å²) in [5.41, 5.74) is 3.60. The fourth-order valence-electron chi connectivity index (χ4n) is 5.38. The molecule has 3 heterocycles. The topological polar surface area (TPSA) is 94.6 Å². The molecule has 3 aromatic rings. The van der Waals surface area contributed by atoms with E-state index in [9.17, 15) is 13.6 Å². The molecule has 0 bridgehead atoms. The number of aromatic nitrogens is 2. The number of quaternary nitrogens is 1. The third kappa shape index (κ3) is 5.50. The van der Waals surface area contributed by atoms with Crippen LogP contribution in [0.1, 0.15) is 24.0 Å². The molecule has 5 rings (SSSR count). The first-order valence-corrected chi connectivity index (χ1v) is 13.2. The molecule has 3 atom stereocenters. The molecule has 0 radical (unpaired) electrons. The van der Waals surface area contributed by atoms with Gasteiger partial charge < -0.3 is 10.1 Å². The number of hydrogen-bond donors (Lipinski definition) is 3. The molecule has 12 heteroatoms. The second-order valence-corrected chi connectivity index (χ2v) is 10.5. The van der Waals surface area contributed by atoms with Gasteiger partial charge in [0.05, 0.1) is 24.4 Å². The first-order valence-electron chi connectivity index (χ1n) is 12.9. The van der Waals surface area contributed by atoms with Crippen molar-refractivity contribution in [1.29, 1.82) is 0 Å². The minimum Gasteiger partial charge on any atom is -0.383 e. The summed E-state index contributed by atoms with van der Waals surface area (Å²) in [6, 6.07) is 10.4. The summed E-state index contributed by atoms with van der Waals surface area (Å²) in [7, 11) is 3.49. The Morgan fingerprint density at radius 1 is 1.23 bits per heavy atom. The number of allylic oxidation sites excluding steroid dienone is 1. The number of halogens is 3. The standard InChI is InChI=1S/C28H30ClF2N7O2/c1-17-26(19-13-32-33-14-19)36-38(2,21-6-4-5-20(29)12-21)27(17)35-28(39)34-25-16-37(9-10-40-3)15-22(25)18-7-8-23(30)24(31)11-18/h4-8,11-14,22,25H,9-10,15-16H2,1-3H3,(H2-,32,33,34,35,36,39)/p+1/t22-,25+,38?/m0/s1. The summed E-state index contributed by atoms with van der Waals surface area (Å²) in [5.74, 6) is -1.52. The highest BCUT2D eigenvalue weighted by Crippen LogP contribution is 2.36. The third-order valence-corrected chi connectivity index (χ3v) is 7.69. The predicted molar refractivity (Wildman–Crippen MR) is 150 cm³/mol. The van der Waals surface area contributed by atoms with Crippen LogP contribution in [-0.2, 0) is 4.74 Å². The second-order valence-electron chi connectivity index (χ2n) is 10.1. The van der Waals surface area contributed by atoms with Crippen molar-refractivity contribution in [3.05, 3.63) is 94.0 Å². The van der Waals surface area contributed by atoms with Gasteiger partial charge in [0.1, 0.15) is 12.8 Å². The Kier molecular flexibility index (Phi) is 7.99. The summed E-state index contributed by atoms with van der Waals surface area (Å²) in [6.45, 7) is 4.13. The van der Waals surface area contributed by atoms with E-state index in [1.165, 1.54) is 6.07 Å². The molecule has 2 aliphatic heterocycles. The zero-order valence-corrected chi connectivity index (χ0v) is 23.2. The molecule has 1 saturated heterocycles. The maximum atomic E-state index is 14.1. The highest BCUT2D eigenvalue weighted by Gasteiger charge is 2.43. The largest absolute Gasteiger partial charge is 0.383 e. The molecule has 3 N–H and O–H groups in total. The normalized spacial score (nSPS) is 23.0. The van der Waals surface area contributed by atoms with E-state index in [4.69, 9.17) is 21.4 Å². The van der Waals surface area contributed by atoms with Crippen LogP contribution in [-0.4, -0.2) is 73.3 Å². The van der Waals surface area contributed by atoms with Crippen LogP contribution in [0.3, 0.4) is 0 Å². The summed E-state index contributed by atoms with van der Waals surface area (Å²) in [4.78, 5) is 15.7. The average Bonchev–Trinajstić information content (AvgIpc) is 3.65. The number of methoxy groups -OCH3 is 1. The summed E-state index contributed by atoms with van der Waals surface area (Å²) in [5, 5.41) is 18.5. The lowest BCUT2D eigenvalue weighted by Gasteiger charge is -2.27. The zero-order valence-electron chi connectivity index (χ0n) is 22.4. The van der Waals surface area contributed by atoms with Crippen LogP contribution in [0.4, 0.5) is 19.3 Å². The third-order valence-electron chi connectivity index (χ3n) is 7.46. The Morgan fingerprint density at radius 2 is 2.05 bits per heavy atom. The number of ether oxygens (including phenoxy) is 1. The maximum Gasteiger partial charge on any atom is 0.323 e. The molecule has 0 saturated carbocycles. The van der Waals surface area contributed by atoms with Gasteiger partial charge in [-0.25, -0.2) is 13.6 Å². The first kappa shape index (κ1) is 27.9. The van der Waals surface area contributed by atoms with E-state index in [0.717, 1.165) is 22.9 Å². The number of benzene rings is 2. The lowest BCUT2D eigenvalue weighted by Crippen LogP contribution is -2.50. The molecule has 1 fully saturated rings. The Morgan fingerprint density at radius 3 is 2.75 bits per heavy atom. The van der Waals surface area contributed by atoms with Crippen molar-refractivity contribution < 1.29 is 18.3 Å². The van der Waals surface area contributed by atoms with Crippen LogP contribution in [0.5, 0.6) is 0 Å². The number of carbonyl (C=O) groups is 1. The quantitative estimate of drug-likeness (QED) is 0.351. The number of likely N-dealkylation sites (tertiary alicyclic amines) is 1. The number of nitrogens with one attached hydrogen (secondary N) is 3. The molecule has 2 aliphatic rings. The molecule has 2 amide bonds. The number of hydrogen-bond acceptors (Lipinski definition) is 5. The van der Waals surface area contributed by atoms with Crippen LogP contribution < -0.4 is 15.2 Å². The van der Waals surface area contributed by atoms with Gasteiger partial charge in [-0.15, -0.1) is 4.59 Å². The van der Waals surface area contributed by atoms with E-state index < -0.39 is 17.7 Å². The van der Waals surface area contributed by atoms with Crippen LogP contribution in [0.25, 0.3) is 0 Å². The molecule has 9 nitrogen and oxygen atoms in total. The lowest BCUT2D eigenvalue weighted by molar-refractivity contribution is 0.159. The number of H-pyrrole nitrogens is 1. The van der Waals surface area contributed by atoms with E-state index in [-0.39, 0.29) is 16.6 Å². The maximum absolute atomic E-state index is 14.1. The number of rotatable bonds is 8. The Balaban J connectivity index is 1.42. The molecule has 1 unspecified atom stereocenters. The average molecular weight is 571 g/mol. The van der Waals surface area contributed by atoms with E-state index in [0.29, 0.717) is 48.4 Å². The van der Waals surface area contributed by atoms with Crippen molar-refractivity contribution in [2.45, 2.75) is 18.9 Å². The lowest BCUT2D eigenvalue weighted by atomic mass is 9.94. The van der Waals surface area contributed by atoms with Gasteiger partial charge in [0.25, 0.3) is 0 Å². The predicted octanol–water partition coefficient (Wildman–Crippen LogP) is 4.34. The molecule has 2 aromatic carbocycles. The number of urea groups is 1. The zero-order chi connectivity index (χ0) is 28.4. The van der Waals surface area contributed by atoms with E-state index in [2.05, 4.69) is 25.7 Å². The van der Waals surface area contributed by atoms with Gasteiger partial charge in [0.2, 0.25) is 5.82 Å². The highest BCUT2D eigenvalue weighted by atomic mass is 35.5. The van der Waals surface area contributed by atoms with Crippen LogP contribution in [0.15, 0.2) is 71.4 Å². The Bertz CT molecular complexity index is 1460. The molecule has 0 spiro atoms. The van der Waals surface area contributed by atoms with Gasteiger partial charge in [-0.3, -0.25) is 15.3 Å². The minimum atomic E-state index is -0.915. The summed E-state index contributed by atoms with van der Waals surface area (Å²) < 4.78 is 32.9. The second kappa shape index (κ2) is 11.5. The van der Waals surface area contributed by atoms with Gasteiger partial charge in [-0.2, -0.15) is 5.10 Å². The summed E-state index contributed by atoms with van der Waals surface area (Å²) >= 11 is 6.32. The summed E-state index contributed by atoms with van der Waals surface area (Å²) in [6.07, 6.45) is 3.42. The smallest absolute Gasteiger partial charge is 0.323 e. The monoisotopic (exact) mass is 570 g/mol. The number of amides is 2. The van der Waals surface area contributed by atoms with E-state index >= 15 is 0 Å². The van der Waals surface area contributed by atoms with E-state index in [1.807, 2.05) is 26.1 Å². The van der Waals surface area contributed by atoms with Crippen LogP contribution >= 0.6 is 11.6 Å². The Hall–Kier alpha value is -3.64. The van der Waals surface area contributed by atoms with Crippen molar-refractivity contribution >= 4 is 29.0 Å². The number of nitrogens with zero attached hydrogens (tertiary/aromatic N) is 4. The van der Waals surface area contributed by atoms with Gasteiger partial charge in [0.15, 0.2) is 17.3 Å². The van der Waals surface area contributed by atoms with Crippen molar-refractivity contribution in [1.82, 2.24) is 30.3 Å². The van der Waals surface area contributed by atoms with Gasteiger partial charge in [-0.05, 0) is 30.7 Å². The van der Waals surface area contributed by atoms with Gasteiger partial charge in [-0.1, -0.05) is 28.8 Å². The van der Waals surface area contributed by atoms with Crippen LogP contribution in [0, 0.1) is 11.6 Å². The molecular formula is C28H31ClF2N7O2+. The van der Waals surface area contributed by atoms with Gasteiger partial charge >= 0.3 is 6.03 Å².